The van der Waals surface area contributed by atoms with Crippen LogP contribution in [0.5, 0.6) is 11.5 Å². The van der Waals surface area contributed by atoms with Crippen molar-refractivity contribution in [3.8, 4) is 11.5 Å². The lowest BCUT2D eigenvalue weighted by Gasteiger charge is -2.21. The summed E-state index contributed by atoms with van der Waals surface area (Å²) in [6.45, 7) is 5.79. The van der Waals surface area contributed by atoms with E-state index in [-0.39, 0.29) is 18.6 Å². The lowest BCUT2D eigenvalue weighted by atomic mass is 10.2. The van der Waals surface area contributed by atoms with E-state index < -0.39 is 0 Å². The van der Waals surface area contributed by atoms with Crippen LogP contribution >= 0.6 is 0 Å². The van der Waals surface area contributed by atoms with Gasteiger partial charge >= 0.3 is 5.97 Å². The number of carbonyl (C=O) groups excluding carboxylic acids is 1. The summed E-state index contributed by atoms with van der Waals surface area (Å²) in [6.07, 6.45) is -0.0785. The van der Waals surface area contributed by atoms with Crippen LogP contribution in [-0.2, 0) is 16.1 Å². The second-order valence-electron chi connectivity index (χ2n) is 5.19. The van der Waals surface area contributed by atoms with Crippen molar-refractivity contribution in [1.29, 1.82) is 0 Å². The Hall–Kier alpha value is -1.75. The molecule has 20 heavy (non-hydrogen) atoms. The first-order valence-corrected chi connectivity index (χ1v) is 6.81. The Balaban J connectivity index is 1.91. The van der Waals surface area contributed by atoms with Gasteiger partial charge in [0.15, 0.2) is 11.5 Å². The molecule has 1 aliphatic heterocycles. The number of benzene rings is 1. The van der Waals surface area contributed by atoms with Gasteiger partial charge in [-0.1, -0.05) is 6.07 Å². The second-order valence-corrected chi connectivity index (χ2v) is 5.19. The Labute approximate surface area is 119 Å². The summed E-state index contributed by atoms with van der Waals surface area (Å²) < 4.78 is 16.1. The highest BCUT2D eigenvalue weighted by molar-refractivity contribution is 5.71. The molecule has 0 aliphatic carbocycles. The molecule has 0 saturated heterocycles. The molecular formula is C15H21NO4. The molecule has 0 aromatic heterocycles. The van der Waals surface area contributed by atoms with Crippen LogP contribution in [0.15, 0.2) is 18.2 Å². The summed E-state index contributed by atoms with van der Waals surface area (Å²) in [4.78, 5) is 13.5. The molecule has 0 N–H and O–H groups in total. The number of rotatable bonds is 5. The number of likely N-dealkylation sites (N-methyl/N-ethyl adjacent to an activating group) is 1. The van der Waals surface area contributed by atoms with E-state index in [9.17, 15) is 4.79 Å². The molecule has 1 aromatic carbocycles. The van der Waals surface area contributed by atoms with E-state index in [2.05, 4.69) is 0 Å². The van der Waals surface area contributed by atoms with Crippen LogP contribution in [0.3, 0.4) is 0 Å². The van der Waals surface area contributed by atoms with Gasteiger partial charge in [0, 0.05) is 6.54 Å². The van der Waals surface area contributed by atoms with Gasteiger partial charge in [0.1, 0.15) is 13.2 Å². The molecule has 5 nitrogen and oxygen atoms in total. The maximum absolute atomic E-state index is 11.6. The van der Waals surface area contributed by atoms with Crippen molar-refractivity contribution in [3.63, 3.8) is 0 Å². The fraction of sp³-hybridized carbons (Fsp3) is 0.533. The smallest absolute Gasteiger partial charge is 0.320 e. The van der Waals surface area contributed by atoms with Crippen LogP contribution in [0.1, 0.15) is 19.4 Å². The van der Waals surface area contributed by atoms with Crippen molar-refractivity contribution in [2.45, 2.75) is 26.5 Å². The Morgan fingerprint density at radius 2 is 2.00 bits per heavy atom. The van der Waals surface area contributed by atoms with E-state index in [1.54, 1.807) is 0 Å². The van der Waals surface area contributed by atoms with E-state index >= 15 is 0 Å². The van der Waals surface area contributed by atoms with Crippen LogP contribution in [0.2, 0.25) is 0 Å². The average molecular weight is 279 g/mol. The average Bonchev–Trinajstić information content (AvgIpc) is 2.37. The van der Waals surface area contributed by atoms with Crippen molar-refractivity contribution >= 4 is 5.97 Å². The number of hydrogen-bond donors (Lipinski definition) is 0. The molecule has 1 heterocycles. The fourth-order valence-electron chi connectivity index (χ4n) is 2.07. The van der Waals surface area contributed by atoms with Crippen molar-refractivity contribution in [2.75, 3.05) is 26.8 Å². The van der Waals surface area contributed by atoms with E-state index in [0.29, 0.717) is 19.8 Å². The molecule has 0 fully saturated rings. The number of ether oxygens (including phenoxy) is 3. The molecule has 0 spiro atoms. The van der Waals surface area contributed by atoms with E-state index in [4.69, 9.17) is 14.2 Å². The molecule has 5 heteroatoms. The molecule has 2 rings (SSSR count). The second kappa shape index (κ2) is 6.61. The third kappa shape index (κ3) is 4.13. The van der Waals surface area contributed by atoms with Gasteiger partial charge in [-0.25, -0.2) is 0 Å². The van der Waals surface area contributed by atoms with Gasteiger partial charge < -0.3 is 14.2 Å². The highest BCUT2D eigenvalue weighted by Gasteiger charge is 2.14. The summed E-state index contributed by atoms with van der Waals surface area (Å²) in [7, 11) is 1.89. The lowest BCUT2D eigenvalue weighted by Crippen LogP contribution is -2.28. The predicted molar refractivity (Wildman–Crippen MR) is 75.0 cm³/mol. The molecule has 0 amide bonds. The normalized spacial score (nSPS) is 13.7. The summed E-state index contributed by atoms with van der Waals surface area (Å²) in [5.74, 6) is 1.34. The Bertz CT molecular complexity index is 473. The minimum absolute atomic E-state index is 0.0785. The van der Waals surface area contributed by atoms with Crippen molar-refractivity contribution in [3.05, 3.63) is 23.8 Å². The summed E-state index contributed by atoms with van der Waals surface area (Å²) >= 11 is 0. The van der Waals surface area contributed by atoms with Crippen LogP contribution in [0.25, 0.3) is 0 Å². The molecule has 0 unspecified atom stereocenters. The van der Waals surface area contributed by atoms with Gasteiger partial charge in [0.2, 0.25) is 0 Å². The topological polar surface area (TPSA) is 48.0 Å². The van der Waals surface area contributed by atoms with Crippen molar-refractivity contribution in [2.24, 2.45) is 0 Å². The fourth-order valence-corrected chi connectivity index (χ4v) is 2.07. The Morgan fingerprint density at radius 1 is 1.30 bits per heavy atom. The zero-order chi connectivity index (χ0) is 14.5. The standard InChI is InChI=1S/C15H21NO4/c1-11(2)20-15(17)10-16(3)9-12-4-5-13-14(8-12)19-7-6-18-13/h4-5,8,11H,6-7,9-10H2,1-3H3. The first kappa shape index (κ1) is 14.7. The van der Waals surface area contributed by atoms with Gasteiger partial charge in [0.05, 0.1) is 12.6 Å². The Morgan fingerprint density at radius 3 is 2.70 bits per heavy atom. The quantitative estimate of drug-likeness (QED) is 0.770. The van der Waals surface area contributed by atoms with Crippen LogP contribution < -0.4 is 9.47 Å². The Kier molecular flexibility index (Phi) is 4.84. The molecule has 110 valence electrons. The number of esters is 1. The third-order valence-corrected chi connectivity index (χ3v) is 2.83. The maximum Gasteiger partial charge on any atom is 0.320 e. The van der Waals surface area contributed by atoms with Crippen LogP contribution in [-0.4, -0.2) is 43.8 Å². The number of hydrogen-bond acceptors (Lipinski definition) is 5. The summed E-state index contributed by atoms with van der Waals surface area (Å²) in [5.41, 5.74) is 1.08. The van der Waals surface area contributed by atoms with E-state index in [0.717, 1.165) is 17.1 Å². The predicted octanol–water partition coefficient (Wildman–Crippen LogP) is 1.84. The first-order chi connectivity index (χ1) is 9.54. The minimum Gasteiger partial charge on any atom is -0.486 e. The van der Waals surface area contributed by atoms with Gasteiger partial charge in [-0.2, -0.15) is 0 Å². The molecular weight excluding hydrogens is 258 g/mol. The van der Waals surface area contributed by atoms with Crippen LogP contribution in [0.4, 0.5) is 0 Å². The monoisotopic (exact) mass is 279 g/mol. The number of nitrogens with zero attached hydrogens (tertiary/aromatic N) is 1. The summed E-state index contributed by atoms with van der Waals surface area (Å²) in [5, 5.41) is 0. The molecule has 0 atom stereocenters. The first-order valence-electron chi connectivity index (χ1n) is 6.81. The molecule has 0 saturated carbocycles. The van der Waals surface area contributed by atoms with Gasteiger partial charge in [-0.15, -0.1) is 0 Å². The molecule has 0 radical (unpaired) electrons. The highest BCUT2D eigenvalue weighted by atomic mass is 16.6. The molecule has 1 aliphatic rings. The van der Waals surface area contributed by atoms with Crippen molar-refractivity contribution in [1.82, 2.24) is 4.90 Å². The lowest BCUT2D eigenvalue weighted by molar-refractivity contribution is -0.148. The third-order valence-electron chi connectivity index (χ3n) is 2.83. The van der Waals surface area contributed by atoms with Gasteiger partial charge in [0.25, 0.3) is 0 Å². The molecule has 1 aromatic rings. The maximum atomic E-state index is 11.6. The van der Waals surface area contributed by atoms with Gasteiger partial charge in [-0.05, 0) is 38.6 Å². The number of carbonyl (C=O) groups is 1. The summed E-state index contributed by atoms with van der Waals surface area (Å²) in [6, 6.07) is 5.85. The minimum atomic E-state index is -0.208. The van der Waals surface area contributed by atoms with E-state index in [1.807, 2.05) is 44.0 Å². The van der Waals surface area contributed by atoms with E-state index in [1.165, 1.54) is 0 Å². The van der Waals surface area contributed by atoms with Crippen LogP contribution in [0, 0.1) is 0 Å². The zero-order valence-corrected chi connectivity index (χ0v) is 12.2. The largest absolute Gasteiger partial charge is 0.486 e. The SMILES string of the molecule is CC(C)OC(=O)CN(C)Cc1ccc2c(c1)OCCO2. The van der Waals surface area contributed by atoms with Crippen molar-refractivity contribution < 1.29 is 19.0 Å². The molecule has 0 bridgehead atoms. The highest BCUT2D eigenvalue weighted by Crippen LogP contribution is 2.30. The van der Waals surface area contributed by atoms with Gasteiger partial charge in [-0.3, -0.25) is 9.69 Å². The zero-order valence-electron chi connectivity index (χ0n) is 12.2. The number of fused-ring (bicyclic) bond motifs is 1.